The molecule has 3 rings (SSSR count). The van der Waals surface area contributed by atoms with Gasteiger partial charge in [0.15, 0.2) is 0 Å². The molecule has 2 aromatic heterocycles. The van der Waals surface area contributed by atoms with Crippen LogP contribution in [0.1, 0.15) is 5.82 Å². The van der Waals surface area contributed by atoms with Crippen LogP contribution in [-0.4, -0.2) is 31.1 Å². The van der Waals surface area contributed by atoms with E-state index in [4.69, 9.17) is 0 Å². The summed E-state index contributed by atoms with van der Waals surface area (Å²) in [4.78, 5) is 24.4. The van der Waals surface area contributed by atoms with E-state index in [0.717, 1.165) is 5.82 Å². The summed E-state index contributed by atoms with van der Waals surface area (Å²) < 4.78 is 38.6. The smallest absolute Gasteiger partial charge is 0.308 e. The number of imidazole rings is 1. The van der Waals surface area contributed by atoms with E-state index in [2.05, 4.69) is 25.6 Å². The van der Waals surface area contributed by atoms with Crippen molar-refractivity contribution in [2.45, 2.75) is 17.3 Å². The van der Waals surface area contributed by atoms with Crippen LogP contribution < -0.4 is 10.6 Å². The molecule has 2 N–H and O–H groups in total. The minimum atomic E-state index is -4.35. The van der Waals surface area contributed by atoms with E-state index in [-0.39, 0.29) is 16.7 Å². The Labute approximate surface area is 156 Å². The van der Waals surface area contributed by atoms with Gasteiger partial charge in [-0.3, -0.25) is 4.57 Å². The van der Waals surface area contributed by atoms with Crippen LogP contribution in [0.15, 0.2) is 53.9 Å². The predicted molar refractivity (Wildman–Crippen MR) is 94.9 cm³/mol. The molecule has 2 heterocycles. The van der Waals surface area contributed by atoms with Crippen LogP contribution in [0.4, 0.5) is 29.3 Å². The van der Waals surface area contributed by atoms with Crippen molar-refractivity contribution in [3.8, 4) is 5.95 Å². The van der Waals surface area contributed by atoms with Crippen molar-refractivity contribution in [2.75, 3.05) is 10.6 Å². The summed E-state index contributed by atoms with van der Waals surface area (Å²) in [6, 6.07) is 4.75. The molecule has 140 valence electrons. The summed E-state index contributed by atoms with van der Waals surface area (Å²) in [6.45, 7) is 1.81. The zero-order valence-electron chi connectivity index (χ0n) is 13.9. The van der Waals surface area contributed by atoms with Crippen molar-refractivity contribution >= 4 is 29.2 Å². The van der Waals surface area contributed by atoms with Crippen LogP contribution >= 0.6 is 11.8 Å². The van der Waals surface area contributed by atoms with Gasteiger partial charge in [-0.05, 0) is 43.0 Å². The number of hydrogen-bond acceptors (Lipinski definition) is 5. The lowest BCUT2D eigenvalue weighted by molar-refractivity contribution is -0.0328. The van der Waals surface area contributed by atoms with Crippen molar-refractivity contribution in [1.29, 1.82) is 0 Å². The molecule has 0 aliphatic heterocycles. The zero-order valence-corrected chi connectivity index (χ0v) is 14.7. The van der Waals surface area contributed by atoms with Crippen LogP contribution in [0.2, 0.25) is 0 Å². The third kappa shape index (κ3) is 5.20. The van der Waals surface area contributed by atoms with Crippen LogP contribution in [-0.2, 0) is 0 Å². The first-order chi connectivity index (χ1) is 12.8. The number of amides is 2. The number of urea groups is 1. The average molecular weight is 394 g/mol. The number of benzene rings is 1. The second kappa shape index (κ2) is 7.66. The van der Waals surface area contributed by atoms with Gasteiger partial charge >= 0.3 is 11.5 Å². The Morgan fingerprint density at radius 3 is 2.22 bits per heavy atom. The van der Waals surface area contributed by atoms with E-state index in [1.807, 2.05) is 6.92 Å². The summed E-state index contributed by atoms with van der Waals surface area (Å²) >= 11 is -0.219. The first-order valence-electron chi connectivity index (χ1n) is 7.56. The zero-order chi connectivity index (χ0) is 19.4. The molecule has 0 saturated carbocycles. The molecule has 0 bridgehead atoms. The Hall–Kier alpha value is -3.08. The number of hydrogen-bond donors (Lipinski definition) is 2. The Kier molecular flexibility index (Phi) is 5.31. The number of rotatable bonds is 4. The lowest BCUT2D eigenvalue weighted by atomic mass is 10.3. The third-order valence-electron chi connectivity index (χ3n) is 3.28. The Balaban J connectivity index is 1.58. The number of thioether (sulfide) groups is 1. The monoisotopic (exact) mass is 394 g/mol. The molecule has 0 saturated heterocycles. The number of halogens is 3. The van der Waals surface area contributed by atoms with Gasteiger partial charge in [0.25, 0.3) is 0 Å². The molecular weight excluding hydrogens is 381 g/mol. The normalized spacial score (nSPS) is 11.3. The summed E-state index contributed by atoms with van der Waals surface area (Å²) in [5.74, 6) is 1.13. The second-order valence-corrected chi connectivity index (χ2v) is 6.41. The average Bonchev–Trinajstić information content (AvgIpc) is 3.02. The van der Waals surface area contributed by atoms with Gasteiger partial charge in [-0.1, -0.05) is 0 Å². The number of alkyl halides is 3. The number of aromatic nitrogens is 4. The number of carbonyl (C=O) groups is 1. The first-order valence-corrected chi connectivity index (χ1v) is 8.38. The number of carbonyl (C=O) groups excluding carboxylic acids is 1. The standard InChI is InChI=1S/C16H13F3N6OS/c1-10-20-6-7-25(10)14-21-8-12(9-22-14)24-15(26)23-11-2-4-13(5-3-11)27-16(17,18)19/h2-9H,1H3,(H2,23,24,26). The third-order valence-corrected chi connectivity index (χ3v) is 4.02. The van der Waals surface area contributed by atoms with Crippen molar-refractivity contribution < 1.29 is 18.0 Å². The fourth-order valence-corrected chi connectivity index (χ4v) is 2.67. The van der Waals surface area contributed by atoms with Gasteiger partial charge in [0, 0.05) is 23.0 Å². The molecule has 0 atom stereocenters. The first kappa shape index (κ1) is 18.7. The molecule has 2 amide bonds. The maximum absolute atomic E-state index is 12.3. The lowest BCUT2D eigenvalue weighted by Crippen LogP contribution is -2.19. The largest absolute Gasteiger partial charge is 0.446 e. The Morgan fingerprint density at radius 2 is 1.67 bits per heavy atom. The van der Waals surface area contributed by atoms with Gasteiger partial charge in [-0.25, -0.2) is 19.7 Å². The van der Waals surface area contributed by atoms with Crippen LogP contribution in [0.25, 0.3) is 5.95 Å². The fraction of sp³-hybridized carbons (Fsp3) is 0.125. The molecule has 1 aromatic carbocycles. The molecule has 7 nitrogen and oxygen atoms in total. The maximum Gasteiger partial charge on any atom is 0.446 e. The van der Waals surface area contributed by atoms with E-state index < -0.39 is 11.5 Å². The number of nitrogens with one attached hydrogen (secondary N) is 2. The fourth-order valence-electron chi connectivity index (χ4n) is 2.13. The molecule has 0 unspecified atom stereocenters. The van der Waals surface area contributed by atoms with Gasteiger partial charge in [-0.15, -0.1) is 0 Å². The molecule has 11 heteroatoms. The highest BCUT2D eigenvalue weighted by molar-refractivity contribution is 8.00. The molecular formula is C16H13F3N6OS. The van der Waals surface area contributed by atoms with Crippen LogP contribution in [0.5, 0.6) is 0 Å². The van der Waals surface area contributed by atoms with Crippen molar-refractivity contribution in [2.24, 2.45) is 0 Å². The van der Waals surface area contributed by atoms with Gasteiger partial charge in [0.1, 0.15) is 5.82 Å². The molecule has 27 heavy (non-hydrogen) atoms. The van der Waals surface area contributed by atoms with Crippen molar-refractivity contribution in [3.05, 3.63) is 54.9 Å². The highest BCUT2D eigenvalue weighted by Crippen LogP contribution is 2.37. The quantitative estimate of drug-likeness (QED) is 0.647. The van der Waals surface area contributed by atoms with Gasteiger partial charge < -0.3 is 10.6 Å². The summed E-state index contributed by atoms with van der Waals surface area (Å²) in [5.41, 5.74) is -3.64. The maximum atomic E-state index is 12.3. The molecule has 0 radical (unpaired) electrons. The van der Waals surface area contributed by atoms with Crippen LogP contribution in [0, 0.1) is 6.92 Å². The number of anilines is 2. The SMILES string of the molecule is Cc1nccn1-c1ncc(NC(=O)Nc2ccc(SC(F)(F)F)cc2)cn1. The van der Waals surface area contributed by atoms with E-state index in [0.29, 0.717) is 17.3 Å². The Bertz CT molecular complexity index is 925. The summed E-state index contributed by atoms with van der Waals surface area (Å²) in [6.07, 6.45) is 6.21. The number of nitrogens with zero attached hydrogens (tertiary/aromatic N) is 4. The number of aryl methyl sites for hydroxylation is 1. The second-order valence-electron chi connectivity index (χ2n) is 5.27. The van der Waals surface area contributed by atoms with E-state index in [1.165, 1.54) is 36.7 Å². The summed E-state index contributed by atoms with van der Waals surface area (Å²) in [7, 11) is 0. The summed E-state index contributed by atoms with van der Waals surface area (Å²) in [5, 5.41) is 5.07. The molecule has 3 aromatic rings. The minimum Gasteiger partial charge on any atom is -0.308 e. The van der Waals surface area contributed by atoms with Crippen LogP contribution in [0.3, 0.4) is 0 Å². The van der Waals surface area contributed by atoms with Gasteiger partial charge in [0.2, 0.25) is 5.95 Å². The van der Waals surface area contributed by atoms with E-state index in [9.17, 15) is 18.0 Å². The molecule has 0 spiro atoms. The topological polar surface area (TPSA) is 84.7 Å². The lowest BCUT2D eigenvalue weighted by Gasteiger charge is -2.09. The minimum absolute atomic E-state index is 0.0345. The van der Waals surface area contributed by atoms with Crippen molar-refractivity contribution in [1.82, 2.24) is 19.5 Å². The molecule has 0 fully saturated rings. The van der Waals surface area contributed by atoms with Gasteiger partial charge in [0.05, 0.1) is 18.1 Å². The Morgan fingerprint density at radius 1 is 1.04 bits per heavy atom. The van der Waals surface area contributed by atoms with E-state index in [1.54, 1.807) is 17.0 Å². The molecule has 0 aliphatic carbocycles. The van der Waals surface area contributed by atoms with Gasteiger partial charge in [-0.2, -0.15) is 13.2 Å². The predicted octanol–water partition coefficient (Wildman–Crippen LogP) is 4.23. The highest BCUT2D eigenvalue weighted by Gasteiger charge is 2.29. The van der Waals surface area contributed by atoms with Crippen molar-refractivity contribution in [3.63, 3.8) is 0 Å². The molecule has 0 aliphatic rings. The van der Waals surface area contributed by atoms with E-state index >= 15 is 0 Å². The highest BCUT2D eigenvalue weighted by atomic mass is 32.2.